The van der Waals surface area contributed by atoms with Crippen LogP contribution in [0.25, 0.3) is 0 Å². The van der Waals surface area contributed by atoms with Crippen LogP contribution in [0.1, 0.15) is 17.2 Å². The molecule has 1 nitrogen and oxygen atoms in total. The lowest BCUT2D eigenvalue weighted by molar-refractivity contribution is 0.722. The van der Waals surface area contributed by atoms with E-state index >= 15 is 0 Å². The number of rotatable bonds is 3. The lowest BCUT2D eigenvalue weighted by atomic mass is 10.00. The van der Waals surface area contributed by atoms with E-state index < -0.39 is 0 Å². The molecule has 2 rings (SSSR count). The number of hydrogen-bond acceptors (Lipinski definition) is 1. The third kappa shape index (κ3) is 3.48. The average molecular weight is 345 g/mol. The molecule has 0 aliphatic rings. The summed E-state index contributed by atoms with van der Waals surface area (Å²) in [7, 11) is 0. The summed E-state index contributed by atoms with van der Waals surface area (Å²) in [6.07, 6.45) is 0.735. The summed E-state index contributed by atoms with van der Waals surface area (Å²) >= 11 is 15.4. The van der Waals surface area contributed by atoms with Crippen molar-refractivity contribution in [3.8, 4) is 0 Å². The summed E-state index contributed by atoms with van der Waals surface area (Å²) in [4.78, 5) is 0. The summed E-state index contributed by atoms with van der Waals surface area (Å²) in [6, 6.07) is 13.4. The van der Waals surface area contributed by atoms with Crippen LogP contribution in [0.15, 0.2) is 46.9 Å². The summed E-state index contributed by atoms with van der Waals surface area (Å²) in [6.45, 7) is 0. The molecule has 1 unspecified atom stereocenters. The third-order valence-electron chi connectivity index (χ3n) is 2.72. The standard InChI is InChI=1S/C14H12BrCl2N/c15-12-5-4-10(8-13(12)17)14(18)7-9-2-1-3-11(16)6-9/h1-6,8,14H,7,18H2. The van der Waals surface area contributed by atoms with E-state index in [1.165, 1.54) is 0 Å². The average Bonchev–Trinajstić information content (AvgIpc) is 2.32. The molecule has 2 aromatic rings. The molecular formula is C14H12BrCl2N. The zero-order valence-corrected chi connectivity index (χ0v) is 12.6. The van der Waals surface area contributed by atoms with Gasteiger partial charge in [0.05, 0.1) is 5.02 Å². The molecule has 0 aliphatic heterocycles. The van der Waals surface area contributed by atoms with Crippen molar-refractivity contribution in [1.29, 1.82) is 0 Å². The van der Waals surface area contributed by atoms with Gasteiger partial charge in [-0.25, -0.2) is 0 Å². The van der Waals surface area contributed by atoms with Crippen molar-refractivity contribution in [2.75, 3.05) is 0 Å². The quantitative estimate of drug-likeness (QED) is 0.833. The Morgan fingerprint density at radius 3 is 2.56 bits per heavy atom. The van der Waals surface area contributed by atoms with Gasteiger partial charge in [-0.3, -0.25) is 0 Å². The van der Waals surface area contributed by atoms with Gasteiger partial charge in [0.2, 0.25) is 0 Å². The normalized spacial score (nSPS) is 12.4. The van der Waals surface area contributed by atoms with E-state index in [9.17, 15) is 0 Å². The number of nitrogens with two attached hydrogens (primary N) is 1. The summed E-state index contributed by atoms with van der Waals surface area (Å²) in [5.41, 5.74) is 8.32. The molecule has 0 aliphatic carbocycles. The minimum absolute atomic E-state index is 0.0888. The van der Waals surface area contributed by atoms with Crippen LogP contribution in [0, 0.1) is 0 Å². The first-order chi connectivity index (χ1) is 8.56. The topological polar surface area (TPSA) is 26.0 Å². The maximum Gasteiger partial charge on any atom is 0.0551 e. The second-order valence-electron chi connectivity index (χ2n) is 4.11. The van der Waals surface area contributed by atoms with Crippen LogP contribution in [0.2, 0.25) is 10.0 Å². The summed E-state index contributed by atoms with van der Waals surface area (Å²) in [5, 5.41) is 1.41. The van der Waals surface area contributed by atoms with Crippen LogP contribution in [0.3, 0.4) is 0 Å². The van der Waals surface area contributed by atoms with Gasteiger partial charge in [0.15, 0.2) is 0 Å². The van der Waals surface area contributed by atoms with Gasteiger partial charge in [0.25, 0.3) is 0 Å². The lowest BCUT2D eigenvalue weighted by Gasteiger charge is -2.13. The monoisotopic (exact) mass is 343 g/mol. The SMILES string of the molecule is NC(Cc1cccc(Cl)c1)c1ccc(Br)c(Cl)c1. The molecule has 0 radical (unpaired) electrons. The molecule has 0 aromatic heterocycles. The van der Waals surface area contributed by atoms with Crippen molar-refractivity contribution in [3.05, 3.63) is 68.1 Å². The molecule has 0 bridgehead atoms. The van der Waals surface area contributed by atoms with Gasteiger partial charge >= 0.3 is 0 Å². The highest BCUT2D eigenvalue weighted by Crippen LogP contribution is 2.27. The first-order valence-electron chi connectivity index (χ1n) is 5.51. The van der Waals surface area contributed by atoms with Crippen LogP contribution in [0.4, 0.5) is 0 Å². The fraction of sp³-hybridized carbons (Fsp3) is 0.143. The van der Waals surface area contributed by atoms with Gasteiger partial charge in [-0.1, -0.05) is 41.4 Å². The van der Waals surface area contributed by atoms with Gasteiger partial charge in [-0.2, -0.15) is 0 Å². The zero-order chi connectivity index (χ0) is 13.1. The van der Waals surface area contributed by atoms with Crippen LogP contribution < -0.4 is 5.73 Å². The summed E-state index contributed by atoms with van der Waals surface area (Å²) < 4.78 is 0.878. The molecule has 0 fully saturated rings. The van der Waals surface area contributed by atoms with Gasteiger partial charge < -0.3 is 5.73 Å². The molecule has 94 valence electrons. The molecule has 0 heterocycles. The Hall–Kier alpha value is -0.540. The maximum absolute atomic E-state index is 6.18. The van der Waals surface area contributed by atoms with E-state index in [4.69, 9.17) is 28.9 Å². The zero-order valence-electron chi connectivity index (χ0n) is 9.54. The Morgan fingerprint density at radius 2 is 1.89 bits per heavy atom. The predicted molar refractivity (Wildman–Crippen MR) is 81.2 cm³/mol. The molecule has 1 atom stereocenters. The molecule has 0 spiro atoms. The first-order valence-corrected chi connectivity index (χ1v) is 7.06. The highest BCUT2D eigenvalue weighted by molar-refractivity contribution is 9.10. The molecule has 0 amide bonds. The van der Waals surface area contributed by atoms with E-state index in [2.05, 4.69) is 15.9 Å². The molecular weight excluding hydrogens is 333 g/mol. The van der Waals surface area contributed by atoms with Crippen LogP contribution >= 0.6 is 39.1 Å². The van der Waals surface area contributed by atoms with Crippen molar-refractivity contribution < 1.29 is 0 Å². The molecule has 2 aromatic carbocycles. The van der Waals surface area contributed by atoms with E-state index in [0.29, 0.717) is 5.02 Å². The molecule has 4 heteroatoms. The molecule has 18 heavy (non-hydrogen) atoms. The van der Waals surface area contributed by atoms with Crippen LogP contribution in [0.5, 0.6) is 0 Å². The Labute approximate surface area is 125 Å². The lowest BCUT2D eigenvalue weighted by Crippen LogP contribution is -2.13. The van der Waals surface area contributed by atoms with Crippen molar-refractivity contribution >= 4 is 39.1 Å². The first kappa shape index (κ1) is 13.9. The maximum atomic E-state index is 6.18. The van der Waals surface area contributed by atoms with Gasteiger partial charge in [-0.15, -0.1) is 0 Å². The minimum atomic E-state index is -0.0888. The summed E-state index contributed by atoms with van der Waals surface area (Å²) in [5.74, 6) is 0. The molecule has 0 saturated heterocycles. The van der Waals surface area contributed by atoms with Gasteiger partial charge in [-0.05, 0) is 57.7 Å². The van der Waals surface area contributed by atoms with Crippen molar-refractivity contribution in [2.24, 2.45) is 5.73 Å². The number of halogens is 3. The number of benzene rings is 2. The van der Waals surface area contributed by atoms with E-state index in [-0.39, 0.29) is 6.04 Å². The largest absolute Gasteiger partial charge is 0.324 e. The van der Waals surface area contributed by atoms with E-state index in [0.717, 1.165) is 27.0 Å². The predicted octanol–water partition coefficient (Wildman–Crippen LogP) is 5.00. The van der Waals surface area contributed by atoms with Gasteiger partial charge in [0.1, 0.15) is 0 Å². The van der Waals surface area contributed by atoms with Crippen molar-refractivity contribution in [3.63, 3.8) is 0 Å². The Bertz CT molecular complexity index is 557. The van der Waals surface area contributed by atoms with Crippen molar-refractivity contribution in [2.45, 2.75) is 12.5 Å². The Kier molecular flexibility index (Phi) is 4.68. The van der Waals surface area contributed by atoms with Crippen LogP contribution in [-0.2, 0) is 6.42 Å². The fourth-order valence-corrected chi connectivity index (χ4v) is 2.43. The fourth-order valence-electron chi connectivity index (χ4n) is 1.78. The minimum Gasteiger partial charge on any atom is -0.324 e. The molecule has 0 saturated carbocycles. The van der Waals surface area contributed by atoms with E-state index in [1.807, 2.05) is 42.5 Å². The highest BCUT2D eigenvalue weighted by Gasteiger charge is 2.09. The second kappa shape index (κ2) is 6.07. The number of hydrogen-bond donors (Lipinski definition) is 1. The second-order valence-corrected chi connectivity index (χ2v) is 5.81. The van der Waals surface area contributed by atoms with Crippen LogP contribution in [-0.4, -0.2) is 0 Å². The molecule has 2 N–H and O–H groups in total. The smallest absolute Gasteiger partial charge is 0.0551 e. The Balaban J connectivity index is 2.16. The highest BCUT2D eigenvalue weighted by atomic mass is 79.9. The Morgan fingerprint density at radius 1 is 1.11 bits per heavy atom. The third-order valence-corrected chi connectivity index (χ3v) is 4.18. The van der Waals surface area contributed by atoms with Crippen molar-refractivity contribution in [1.82, 2.24) is 0 Å². The van der Waals surface area contributed by atoms with E-state index in [1.54, 1.807) is 0 Å². The van der Waals surface area contributed by atoms with Gasteiger partial charge in [0, 0.05) is 15.5 Å².